The molecular formula is C15H19FO2. The highest BCUT2D eigenvalue weighted by Gasteiger charge is 2.34. The Balaban J connectivity index is 2.29. The molecule has 1 aromatic rings. The number of aliphatic carboxylic acids is 1. The van der Waals surface area contributed by atoms with E-state index in [0.29, 0.717) is 11.5 Å². The lowest BCUT2D eigenvalue weighted by molar-refractivity contribution is -0.137. The van der Waals surface area contributed by atoms with Gasteiger partial charge in [0.15, 0.2) is 0 Å². The van der Waals surface area contributed by atoms with Gasteiger partial charge in [-0.3, -0.25) is 4.79 Å². The third-order valence-electron chi connectivity index (χ3n) is 3.66. The fraction of sp³-hybridized carbons (Fsp3) is 0.533. The van der Waals surface area contributed by atoms with E-state index in [1.807, 2.05) is 19.9 Å². The monoisotopic (exact) mass is 250 g/mol. The van der Waals surface area contributed by atoms with Gasteiger partial charge in [-0.05, 0) is 47.8 Å². The van der Waals surface area contributed by atoms with E-state index in [9.17, 15) is 9.18 Å². The van der Waals surface area contributed by atoms with Crippen LogP contribution in [0.2, 0.25) is 0 Å². The average Bonchev–Trinajstić information content (AvgIpc) is 3.10. The van der Waals surface area contributed by atoms with Gasteiger partial charge >= 0.3 is 5.97 Å². The lowest BCUT2D eigenvalue weighted by Crippen LogP contribution is -2.09. The van der Waals surface area contributed by atoms with Gasteiger partial charge in [-0.2, -0.15) is 0 Å². The van der Waals surface area contributed by atoms with Gasteiger partial charge in [-0.15, -0.1) is 0 Å². The van der Waals surface area contributed by atoms with Gasteiger partial charge in [-0.1, -0.05) is 26.0 Å². The third-order valence-corrected chi connectivity index (χ3v) is 3.66. The summed E-state index contributed by atoms with van der Waals surface area (Å²) < 4.78 is 13.6. The van der Waals surface area contributed by atoms with Crippen LogP contribution >= 0.6 is 0 Å². The molecule has 0 saturated heterocycles. The Bertz CT molecular complexity index is 450. The van der Waals surface area contributed by atoms with E-state index in [0.717, 1.165) is 18.4 Å². The molecule has 3 heteroatoms. The molecule has 2 nitrogen and oxygen atoms in total. The summed E-state index contributed by atoms with van der Waals surface area (Å²) >= 11 is 0. The molecule has 0 spiro atoms. The second-order valence-electron chi connectivity index (χ2n) is 5.48. The maximum Gasteiger partial charge on any atom is 0.303 e. The minimum absolute atomic E-state index is 0.0422. The van der Waals surface area contributed by atoms with Crippen LogP contribution in [0.4, 0.5) is 4.39 Å². The average molecular weight is 250 g/mol. The van der Waals surface area contributed by atoms with Crippen molar-refractivity contribution >= 4 is 5.97 Å². The van der Waals surface area contributed by atoms with Crippen molar-refractivity contribution in [3.63, 3.8) is 0 Å². The van der Waals surface area contributed by atoms with E-state index in [2.05, 4.69) is 0 Å². The molecule has 1 unspecified atom stereocenters. The van der Waals surface area contributed by atoms with E-state index < -0.39 is 5.97 Å². The van der Waals surface area contributed by atoms with Gasteiger partial charge in [0.2, 0.25) is 0 Å². The molecule has 1 N–H and O–H groups in total. The standard InChI is InChI=1S/C15H19FO2/c1-9(2)12-7-11(5-6-14(12)16)13(8-15(17)18)10-3-4-10/h5-7,9-10,13H,3-4,8H2,1-2H3,(H,17,18). The van der Waals surface area contributed by atoms with Crippen LogP contribution in [-0.2, 0) is 4.79 Å². The first kappa shape index (κ1) is 13.1. The maximum atomic E-state index is 13.6. The highest BCUT2D eigenvalue weighted by molar-refractivity contribution is 5.68. The van der Waals surface area contributed by atoms with Crippen molar-refractivity contribution in [1.29, 1.82) is 0 Å². The minimum Gasteiger partial charge on any atom is -0.481 e. The predicted molar refractivity (Wildman–Crippen MR) is 68.2 cm³/mol. The topological polar surface area (TPSA) is 37.3 Å². The van der Waals surface area contributed by atoms with E-state index >= 15 is 0 Å². The largest absolute Gasteiger partial charge is 0.481 e. The highest BCUT2D eigenvalue weighted by atomic mass is 19.1. The second-order valence-corrected chi connectivity index (χ2v) is 5.48. The summed E-state index contributed by atoms with van der Waals surface area (Å²) in [5.41, 5.74) is 1.66. The van der Waals surface area contributed by atoms with E-state index in [4.69, 9.17) is 5.11 Å². The molecule has 0 heterocycles. The van der Waals surface area contributed by atoms with Crippen LogP contribution in [0.1, 0.15) is 56.1 Å². The number of carbonyl (C=O) groups is 1. The van der Waals surface area contributed by atoms with Crippen molar-refractivity contribution in [3.8, 4) is 0 Å². The van der Waals surface area contributed by atoms with Crippen LogP contribution in [0.5, 0.6) is 0 Å². The Morgan fingerprint density at radius 1 is 1.44 bits per heavy atom. The number of hydrogen-bond acceptors (Lipinski definition) is 1. The zero-order chi connectivity index (χ0) is 13.3. The van der Waals surface area contributed by atoms with Gasteiger partial charge in [0, 0.05) is 0 Å². The molecule has 2 rings (SSSR count). The van der Waals surface area contributed by atoms with E-state index in [1.165, 1.54) is 6.07 Å². The summed E-state index contributed by atoms with van der Waals surface area (Å²) in [6.45, 7) is 3.90. The Hall–Kier alpha value is -1.38. The Kier molecular flexibility index (Phi) is 3.69. The van der Waals surface area contributed by atoms with Gasteiger partial charge < -0.3 is 5.11 Å². The van der Waals surface area contributed by atoms with Crippen LogP contribution < -0.4 is 0 Å². The van der Waals surface area contributed by atoms with Gasteiger partial charge in [0.25, 0.3) is 0 Å². The minimum atomic E-state index is -0.776. The molecule has 1 aliphatic carbocycles. The molecule has 1 fully saturated rings. The Morgan fingerprint density at radius 2 is 2.11 bits per heavy atom. The summed E-state index contributed by atoms with van der Waals surface area (Å²) in [6, 6.07) is 5.07. The van der Waals surface area contributed by atoms with Crippen molar-refractivity contribution < 1.29 is 14.3 Å². The molecule has 0 radical (unpaired) electrons. The fourth-order valence-electron chi connectivity index (χ4n) is 2.48. The van der Waals surface area contributed by atoms with Crippen LogP contribution in [0.15, 0.2) is 18.2 Å². The highest BCUT2D eigenvalue weighted by Crippen LogP contribution is 2.45. The normalized spacial score (nSPS) is 16.9. The molecule has 0 bridgehead atoms. The second kappa shape index (κ2) is 5.09. The number of carboxylic acid groups (broad SMARTS) is 1. The first-order valence-electron chi connectivity index (χ1n) is 6.50. The van der Waals surface area contributed by atoms with Gasteiger partial charge in [0.1, 0.15) is 5.82 Å². The molecule has 18 heavy (non-hydrogen) atoms. The zero-order valence-electron chi connectivity index (χ0n) is 10.8. The van der Waals surface area contributed by atoms with Crippen LogP contribution in [0, 0.1) is 11.7 Å². The van der Waals surface area contributed by atoms with Crippen molar-refractivity contribution in [3.05, 3.63) is 35.1 Å². The summed E-state index contributed by atoms with van der Waals surface area (Å²) in [4.78, 5) is 10.9. The van der Waals surface area contributed by atoms with Crippen molar-refractivity contribution in [2.45, 2.75) is 44.9 Å². The smallest absolute Gasteiger partial charge is 0.303 e. The lowest BCUT2D eigenvalue weighted by Gasteiger charge is -2.17. The molecule has 0 aliphatic heterocycles. The number of halogens is 1. The molecule has 0 amide bonds. The van der Waals surface area contributed by atoms with Gasteiger partial charge in [-0.25, -0.2) is 4.39 Å². The van der Waals surface area contributed by atoms with Crippen LogP contribution in [0.3, 0.4) is 0 Å². The van der Waals surface area contributed by atoms with Crippen molar-refractivity contribution in [1.82, 2.24) is 0 Å². The Morgan fingerprint density at radius 3 is 2.61 bits per heavy atom. The summed E-state index contributed by atoms with van der Waals surface area (Å²) in [6.07, 6.45) is 2.33. The third kappa shape index (κ3) is 2.89. The predicted octanol–water partition coefficient (Wildman–Crippen LogP) is 3.92. The van der Waals surface area contributed by atoms with Crippen molar-refractivity contribution in [2.24, 2.45) is 5.92 Å². The molecule has 1 aliphatic rings. The number of benzene rings is 1. The summed E-state index contributed by atoms with van der Waals surface area (Å²) in [5, 5.41) is 8.98. The number of carboxylic acids is 1. The van der Waals surface area contributed by atoms with E-state index in [-0.39, 0.29) is 24.1 Å². The fourth-order valence-corrected chi connectivity index (χ4v) is 2.48. The molecule has 1 aromatic carbocycles. The molecule has 1 atom stereocenters. The maximum absolute atomic E-state index is 13.6. The number of rotatable bonds is 5. The first-order chi connectivity index (χ1) is 8.49. The van der Waals surface area contributed by atoms with Crippen LogP contribution in [-0.4, -0.2) is 11.1 Å². The SMILES string of the molecule is CC(C)c1cc(C(CC(=O)O)C2CC2)ccc1F. The van der Waals surface area contributed by atoms with Gasteiger partial charge in [0.05, 0.1) is 6.42 Å². The zero-order valence-corrected chi connectivity index (χ0v) is 10.8. The first-order valence-corrected chi connectivity index (χ1v) is 6.50. The summed E-state index contributed by atoms with van der Waals surface area (Å²) in [5.74, 6) is -0.345. The molecular weight excluding hydrogens is 231 g/mol. The number of hydrogen-bond donors (Lipinski definition) is 1. The lowest BCUT2D eigenvalue weighted by atomic mass is 9.88. The quantitative estimate of drug-likeness (QED) is 0.860. The van der Waals surface area contributed by atoms with Crippen LogP contribution in [0.25, 0.3) is 0 Å². The van der Waals surface area contributed by atoms with Crippen molar-refractivity contribution in [2.75, 3.05) is 0 Å². The van der Waals surface area contributed by atoms with E-state index in [1.54, 1.807) is 6.07 Å². The molecule has 0 aromatic heterocycles. The Labute approximate surface area is 107 Å². The molecule has 1 saturated carbocycles. The molecule has 98 valence electrons. The summed E-state index contributed by atoms with van der Waals surface area (Å²) in [7, 11) is 0.